The van der Waals surface area contributed by atoms with E-state index in [0.29, 0.717) is 31.2 Å². The van der Waals surface area contributed by atoms with E-state index in [9.17, 15) is 14.8 Å². The second-order valence-corrected chi connectivity index (χ2v) is 8.42. The summed E-state index contributed by atoms with van der Waals surface area (Å²) in [5.41, 5.74) is -1.17. The van der Waals surface area contributed by atoms with Crippen LogP contribution >= 0.6 is 0 Å². The number of likely N-dealkylation sites (tertiary alicyclic amines) is 1. The van der Waals surface area contributed by atoms with Crippen molar-refractivity contribution in [2.24, 2.45) is 17.1 Å². The molecular weight excluding hydrogens is 308 g/mol. The lowest BCUT2D eigenvalue weighted by atomic mass is 9.51. The molecule has 0 spiro atoms. The normalized spacial score (nSPS) is 42.8. The van der Waals surface area contributed by atoms with Crippen LogP contribution in [-0.4, -0.2) is 51.2 Å². The number of amides is 1. The van der Waals surface area contributed by atoms with Crippen LogP contribution in [0.3, 0.4) is 0 Å². The molecule has 4 aliphatic carbocycles. The number of nitroso groups, excluding NO2 is 1. The highest BCUT2D eigenvalue weighted by Crippen LogP contribution is 2.59. The maximum atomic E-state index is 12.6. The van der Waals surface area contributed by atoms with Gasteiger partial charge in [-0.1, -0.05) is 0 Å². The smallest absolute Gasteiger partial charge is 0.245 e. The molecule has 7 nitrogen and oxygen atoms in total. The van der Waals surface area contributed by atoms with Gasteiger partial charge in [-0.3, -0.25) is 4.79 Å². The molecule has 0 aromatic heterocycles. The summed E-state index contributed by atoms with van der Waals surface area (Å²) in [4.78, 5) is 25.8. The van der Waals surface area contributed by atoms with E-state index in [-0.39, 0.29) is 18.5 Å². The Hall–Kier alpha value is -1.68. The Kier molecular flexibility index (Phi) is 3.57. The van der Waals surface area contributed by atoms with E-state index in [2.05, 4.69) is 11.4 Å². The van der Waals surface area contributed by atoms with Gasteiger partial charge in [-0.2, -0.15) is 5.26 Å². The molecule has 0 aromatic carbocycles. The summed E-state index contributed by atoms with van der Waals surface area (Å²) in [6.45, 7) is 0.503. The van der Waals surface area contributed by atoms with E-state index in [0.717, 1.165) is 38.5 Å². The first-order valence-corrected chi connectivity index (χ1v) is 8.99. The number of nitrogens with zero attached hydrogens (tertiary/aromatic N) is 4. The molecule has 5 fully saturated rings. The Morgan fingerprint density at radius 1 is 1.33 bits per heavy atom. The Labute approximate surface area is 141 Å². The summed E-state index contributed by atoms with van der Waals surface area (Å²) in [5.74, 6) is 0.657. The van der Waals surface area contributed by atoms with Crippen LogP contribution in [0.5, 0.6) is 0 Å². The molecule has 0 aromatic rings. The Morgan fingerprint density at radius 3 is 2.62 bits per heavy atom. The molecule has 2 unspecified atom stereocenters. The van der Waals surface area contributed by atoms with Crippen molar-refractivity contribution >= 4 is 5.91 Å². The van der Waals surface area contributed by atoms with Gasteiger partial charge in [0.15, 0.2) is 0 Å². The standard InChI is InChI=1S/C17H24N4O3/c18-9-14-2-1-3-20(14)15(22)10-21(19-24)16-5-12-4-13(6-16)8-17(23,7-12)11-16/h12-14,23H,1-8,10-11H2/t12?,13?,14-,16?,17?/m1/s1. The summed E-state index contributed by atoms with van der Waals surface area (Å²) in [6.07, 6.45) is 6.49. The molecule has 130 valence electrons. The van der Waals surface area contributed by atoms with Gasteiger partial charge in [0, 0.05) is 13.0 Å². The molecule has 24 heavy (non-hydrogen) atoms. The van der Waals surface area contributed by atoms with Crippen LogP contribution in [0.1, 0.15) is 51.4 Å². The van der Waals surface area contributed by atoms with Crippen molar-refractivity contribution in [1.29, 1.82) is 5.26 Å². The average Bonchev–Trinajstić information content (AvgIpc) is 2.98. The summed E-state index contributed by atoms with van der Waals surface area (Å²) in [7, 11) is 0. The molecule has 1 N–H and O–H groups in total. The zero-order valence-corrected chi connectivity index (χ0v) is 13.9. The van der Waals surface area contributed by atoms with Crippen molar-refractivity contribution in [2.45, 2.75) is 68.5 Å². The van der Waals surface area contributed by atoms with Gasteiger partial charge in [0.05, 0.1) is 22.5 Å². The maximum Gasteiger partial charge on any atom is 0.245 e. The minimum absolute atomic E-state index is 0.0722. The topological polar surface area (TPSA) is 97.0 Å². The quantitative estimate of drug-likeness (QED) is 0.622. The van der Waals surface area contributed by atoms with Gasteiger partial charge < -0.3 is 10.0 Å². The van der Waals surface area contributed by atoms with E-state index in [4.69, 9.17) is 5.26 Å². The van der Waals surface area contributed by atoms with E-state index < -0.39 is 11.1 Å². The van der Waals surface area contributed by atoms with Crippen LogP contribution in [-0.2, 0) is 4.79 Å². The third kappa shape index (κ3) is 2.39. The van der Waals surface area contributed by atoms with Crippen molar-refractivity contribution in [3.05, 3.63) is 4.91 Å². The molecule has 1 amide bonds. The highest BCUT2D eigenvalue weighted by atomic mass is 16.3. The van der Waals surface area contributed by atoms with Gasteiger partial charge in [0.25, 0.3) is 0 Å². The lowest BCUT2D eigenvalue weighted by Gasteiger charge is -2.61. The molecule has 7 heteroatoms. The van der Waals surface area contributed by atoms with Crippen LogP contribution in [0.15, 0.2) is 5.29 Å². The molecule has 5 aliphatic rings. The first-order chi connectivity index (χ1) is 11.5. The largest absolute Gasteiger partial charge is 0.390 e. The van der Waals surface area contributed by atoms with Crippen LogP contribution in [0.2, 0.25) is 0 Å². The number of aliphatic hydroxyl groups is 1. The Bertz CT molecular complexity index is 587. The first kappa shape index (κ1) is 15.8. The predicted octanol–water partition coefficient (Wildman–Crippen LogP) is 1.57. The number of hydrogen-bond acceptors (Lipinski definition) is 5. The van der Waals surface area contributed by atoms with E-state index >= 15 is 0 Å². The van der Waals surface area contributed by atoms with Gasteiger partial charge in [-0.25, -0.2) is 5.01 Å². The van der Waals surface area contributed by atoms with Gasteiger partial charge >= 0.3 is 0 Å². The van der Waals surface area contributed by atoms with Crippen molar-refractivity contribution in [3.8, 4) is 6.07 Å². The zero-order chi connectivity index (χ0) is 16.9. The number of carbonyl (C=O) groups is 1. The maximum absolute atomic E-state index is 12.6. The molecule has 4 saturated carbocycles. The van der Waals surface area contributed by atoms with Crippen molar-refractivity contribution in [3.63, 3.8) is 0 Å². The Balaban J connectivity index is 1.53. The van der Waals surface area contributed by atoms with Gasteiger partial charge in [0.1, 0.15) is 12.6 Å². The average molecular weight is 332 g/mol. The third-order valence-corrected chi connectivity index (χ3v) is 6.65. The van der Waals surface area contributed by atoms with E-state index in [1.54, 1.807) is 4.90 Å². The second-order valence-electron chi connectivity index (χ2n) is 8.42. The van der Waals surface area contributed by atoms with Crippen molar-refractivity contribution in [1.82, 2.24) is 9.91 Å². The lowest BCUT2D eigenvalue weighted by molar-refractivity contribution is -0.179. The lowest BCUT2D eigenvalue weighted by Crippen LogP contribution is -2.65. The van der Waals surface area contributed by atoms with Crippen molar-refractivity contribution in [2.75, 3.05) is 13.1 Å². The minimum Gasteiger partial charge on any atom is -0.390 e. The summed E-state index contributed by atoms with van der Waals surface area (Å²) in [5, 5.41) is 24.6. The molecule has 0 radical (unpaired) electrons. The van der Waals surface area contributed by atoms with E-state index in [1.165, 1.54) is 5.01 Å². The molecule has 5 rings (SSSR count). The summed E-state index contributed by atoms with van der Waals surface area (Å²) >= 11 is 0. The first-order valence-electron chi connectivity index (χ1n) is 8.99. The summed E-state index contributed by atoms with van der Waals surface area (Å²) in [6, 6.07) is 1.78. The Morgan fingerprint density at radius 2 is 2.04 bits per heavy atom. The van der Waals surface area contributed by atoms with Crippen molar-refractivity contribution < 1.29 is 9.90 Å². The SMILES string of the molecule is N#C[C@H]1CCCN1C(=O)CN(N=O)C12CC3CC(CC(O)(C3)C1)C2. The highest BCUT2D eigenvalue weighted by Gasteiger charge is 2.60. The fourth-order valence-corrected chi connectivity index (χ4v) is 6.17. The molecule has 1 heterocycles. The monoisotopic (exact) mass is 332 g/mol. The van der Waals surface area contributed by atoms with Crippen LogP contribution in [0, 0.1) is 28.1 Å². The van der Waals surface area contributed by atoms with Gasteiger partial charge in [-0.15, -0.1) is 4.91 Å². The minimum atomic E-state index is -0.696. The number of carbonyl (C=O) groups excluding carboxylic acids is 1. The zero-order valence-electron chi connectivity index (χ0n) is 13.9. The highest BCUT2D eigenvalue weighted by molar-refractivity contribution is 5.79. The van der Waals surface area contributed by atoms with Crippen LogP contribution in [0.4, 0.5) is 0 Å². The molecular formula is C17H24N4O3. The second kappa shape index (κ2) is 5.41. The van der Waals surface area contributed by atoms with Crippen LogP contribution in [0.25, 0.3) is 0 Å². The predicted molar refractivity (Wildman–Crippen MR) is 85.2 cm³/mol. The number of rotatable bonds is 4. The molecule has 3 atom stereocenters. The van der Waals surface area contributed by atoms with Gasteiger partial charge in [-0.05, 0) is 56.8 Å². The number of hydrogen-bond donors (Lipinski definition) is 1. The van der Waals surface area contributed by atoms with Crippen LogP contribution < -0.4 is 0 Å². The summed E-state index contributed by atoms with van der Waals surface area (Å²) < 4.78 is 0. The fraction of sp³-hybridized carbons (Fsp3) is 0.882. The number of nitriles is 1. The molecule has 1 saturated heterocycles. The molecule has 4 bridgehead atoms. The van der Waals surface area contributed by atoms with E-state index in [1.807, 2.05) is 0 Å². The third-order valence-electron chi connectivity index (χ3n) is 6.65. The fourth-order valence-electron chi connectivity index (χ4n) is 6.17. The van der Waals surface area contributed by atoms with Gasteiger partial charge in [0.2, 0.25) is 5.91 Å². The molecule has 1 aliphatic heterocycles.